The van der Waals surface area contributed by atoms with Gasteiger partial charge in [0.1, 0.15) is 16.0 Å². The Labute approximate surface area is 113 Å². The summed E-state index contributed by atoms with van der Waals surface area (Å²) in [6.45, 7) is 0. The number of benzene rings is 1. The van der Waals surface area contributed by atoms with Gasteiger partial charge in [0, 0.05) is 10.5 Å². The van der Waals surface area contributed by atoms with Gasteiger partial charge in [0.2, 0.25) is 0 Å². The van der Waals surface area contributed by atoms with Crippen molar-refractivity contribution in [2.45, 2.75) is 0 Å². The molecule has 1 aromatic carbocycles. The zero-order valence-corrected chi connectivity index (χ0v) is 11.0. The Morgan fingerprint density at radius 2 is 2.05 bits per heavy atom. The topological polar surface area (TPSA) is 54.1 Å². The van der Waals surface area contributed by atoms with Gasteiger partial charge in [-0.1, -0.05) is 28.9 Å². The first kappa shape index (κ1) is 11.8. The SMILES string of the molecule is C[n+]1nc2ccccc2c(C(=O)O)c1-c1cccs1. The zero-order valence-electron chi connectivity index (χ0n) is 10.2. The van der Waals surface area contributed by atoms with Crippen LogP contribution in [-0.2, 0) is 7.05 Å². The van der Waals surface area contributed by atoms with Crippen LogP contribution in [0.3, 0.4) is 0 Å². The Bertz CT molecular complexity index is 766. The summed E-state index contributed by atoms with van der Waals surface area (Å²) in [5.74, 6) is -0.933. The fraction of sp³-hybridized carbons (Fsp3) is 0.0714. The van der Waals surface area contributed by atoms with Gasteiger partial charge < -0.3 is 5.11 Å². The molecule has 94 valence electrons. The van der Waals surface area contributed by atoms with E-state index in [9.17, 15) is 9.90 Å². The average Bonchev–Trinajstić information content (AvgIpc) is 2.90. The summed E-state index contributed by atoms with van der Waals surface area (Å²) in [6, 6.07) is 11.1. The second-order valence-corrected chi connectivity index (χ2v) is 5.09. The molecule has 5 heteroatoms. The predicted octanol–water partition coefficient (Wildman–Crippen LogP) is 2.49. The number of hydrogen-bond donors (Lipinski definition) is 1. The minimum absolute atomic E-state index is 0.301. The van der Waals surface area contributed by atoms with Crippen LogP contribution in [0.4, 0.5) is 0 Å². The molecule has 0 saturated heterocycles. The quantitative estimate of drug-likeness (QED) is 0.728. The van der Waals surface area contributed by atoms with Gasteiger partial charge in [0.25, 0.3) is 5.69 Å². The summed E-state index contributed by atoms with van der Waals surface area (Å²) in [4.78, 5) is 12.5. The van der Waals surface area contributed by atoms with Crippen molar-refractivity contribution in [2.75, 3.05) is 0 Å². The number of carboxylic acid groups (broad SMARTS) is 1. The molecule has 2 heterocycles. The van der Waals surface area contributed by atoms with E-state index in [1.165, 1.54) is 11.3 Å². The molecule has 19 heavy (non-hydrogen) atoms. The fourth-order valence-corrected chi connectivity index (χ4v) is 2.99. The highest BCUT2D eigenvalue weighted by Gasteiger charge is 2.26. The normalized spacial score (nSPS) is 10.8. The van der Waals surface area contributed by atoms with E-state index in [-0.39, 0.29) is 0 Å². The lowest BCUT2D eigenvalue weighted by Gasteiger charge is -2.04. The molecule has 0 bridgehead atoms. The first-order valence-corrected chi connectivity index (χ1v) is 6.62. The van der Waals surface area contributed by atoms with Crippen LogP contribution >= 0.6 is 11.3 Å². The standard InChI is InChI=1S/C14H10N2O2S/c1-16-13(11-7-4-8-19-11)12(14(17)18)9-5-2-3-6-10(9)15-16/h2-8H,1H3/p+1. The van der Waals surface area contributed by atoms with Gasteiger partial charge in [-0.05, 0) is 17.5 Å². The summed E-state index contributed by atoms with van der Waals surface area (Å²) >= 11 is 1.51. The van der Waals surface area contributed by atoms with Crippen LogP contribution in [0.1, 0.15) is 10.4 Å². The molecule has 3 aromatic rings. The van der Waals surface area contributed by atoms with Gasteiger partial charge in [-0.2, -0.15) is 0 Å². The molecule has 0 atom stereocenters. The highest BCUT2D eigenvalue weighted by Crippen LogP contribution is 2.28. The Balaban J connectivity index is 2.47. The van der Waals surface area contributed by atoms with Crippen LogP contribution < -0.4 is 4.68 Å². The van der Waals surface area contributed by atoms with Crippen LogP contribution in [0.25, 0.3) is 21.5 Å². The number of fused-ring (bicyclic) bond motifs is 1. The third-order valence-electron chi connectivity index (χ3n) is 2.96. The number of rotatable bonds is 2. The molecule has 3 rings (SSSR count). The summed E-state index contributed by atoms with van der Waals surface area (Å²) in [5.41, 5.74) is 1.62. The zero-order chi connectivity index (χ0) is 13.4. The van der Waals surface area contributed by atoms with Crippen molar-refractivity contribution in [1.29, 1.82) is 0 Å². The molecule has 4 nitrogen and oxygen atoms in total. The van der Waals surface area contributed by atoms with Gasteiger partial charge in [-0.3, -0.25) is 0 Å². The van der Waals surface area contributed by atoms with Crippen molar-refractivity contribution >= 4 is 28.2 Å². The first-order chi connectivity index (χ1) is 9.18. The van der Waals surface area contributed by atoms with Crippen molar-refractivity contribution in [3.63, 3.8) is 0 Å². The summed E-state index contributed by atoms with van der Waals surface area (Å²) < 4.78 is 1.64. The molecule has 0 fully saturated rings. The number of aromatic nitrogens is 2. The minimum atomic E-state index is -0.933. The average molecular weight is 271 g/mol. The van der Waals surface area contributed by atoms with Gasteiger partial charge in [-0.25, -0.2) is 4.79 Å². The van der Waals surface area contributed by atoms with E-state index in [2.05, 4.69) is 5.10 Å². The van der Waals surface area contributed by atoms with Crippen LogP contribution in [0.15, 0.2) is 41.8 Å². The number of nitrogens with zero attached hydrogens (tertiary/aromatic N) is 2. The summed E-state index contributed by atoms with van der Waals surface area (Å²) in [6.07, 6.45) is 0. The number of aromatic carboxylic acids is 1. The lowest BCUT2D eigenvalue weighted by molar-refractivity contribution is -0.717. The van der Waals surface area contributed by atoms with Crippen LogP contribution in [-0.4, -0.2) is 16.2 Å². The third kappa shape index (κ3) is 1.88. The lowest BCUT2D eigenvalue weighted by Crippen LogP contribution is -2.37. The molecular weight excluding hydrogens is 260 g/mol. The van der Waals surface area contributed by atoms with E-state index in [0.29, 0.717) is 22.2 Å². The van der Waals surface area contributed by atoms with Crippen molar-refractivity contribution in [3.8, 4) is 10.6 Å². The summed E-state index contributed by atoms with van der Waals surface area (Å²) in [7, 11) is 1.77. The fourth-order valence-electron chi connectivity index (χ4n) is 2.19. The maximum atomic E-state index is 11.6. The van der Waals surface area contributed by atoms with Gasteiger partial charge in [0.15, 0.2) is 7.05 Å². The van der Waals surface area contributed by atoms with Crippen molar-refractivity contribution in [3.05, 3.63) is 47.3 Å². The molecule has 0 aliphatic rings. The van der Waals surface area contributed by atoms with E-state index in [0.717, 1.165) is 4.88 Å². The molecular formula is C14H11N2O2S+. The molecule has 1 N–H and O–H groups in total. The van der Waals surface area contributed by atoms with Gasteiger partial charge >= 0.3 is 5.97 Å². The van der Waals surface area contributed by atoms with Crippen molar-refractivity contribution in [2.24, 2.45) is 7.05 Å². The van der Waals surface area contributed by atoms with Crippen molar-refractivity contribution < 1.29 is 14.6 Å². The number of carboxylic acids is 1. The maximum absolute atomic E-state index is 11.6. The first-order valence-electron chi connectivity index (χ1n) is 5.74. The van der Waals surface area contributed by atoms with E-state index in [4.69, 9.17) is 0 Å². The number of carbonyl (C=O) groups is 1. The molecule has 2 aromatic heterocycles. The Hall–Kier alpha value is -2.27. The number of hydrogen-bond acceptors (Lipinski definition) is 3. The van der Waals surface area contributed by atoms with E-state index in [1.807, 2.05) is 35.7 Å². The van der Waals surface area contributed by atoms with Crippen LogP contribution in [0, 0.1) is 0 Å². The summed E-state index contributed by atoms with van der Waals surface area (Å²) in [5, 5.41) is 16.6. The Kier molecular flexibility index (Phi) is 2.76. The second-order valence-electron chi connectivity index (χ2n) is 4.15. The Morgan fingerprint density at radius 1 is 1.26 bits per heavy atom. The largest absolute Gasteiger partial charge is 0.477 e. The lowest BCUT2D eigenvalue weighted by atomic mass is 10.1. The maximum Gasteiger partial charge on any atom is 0.343 e. The molecule has 0 unspecified atom stereocenters. The number of aryl methyl sites for hydroxylation is 1. The molecule has 0 saturated carbocycles. The van der Waals surface area contributed by atoms with Crippen molar-refractivity contribution in [1.82, 2.24) is 5.10 Å². The Morgan fingerprint density at radius 3 is 2.74 bits per heavy atom. The highest BCUT2D eigenvalue weighted by molar-refractivity contribution is 7.13. The smallest absolute Gasteiger partial charge is 0.343 e. The monoisotopic (exact) mass is 271 g/mol. The molecule has 0 aliphatic heterocycles. The molecule has 0 aliphatic carbocycles. The van der Waals surface area contributed by atoms with E-state index >= 15 is 0 Å². The number of thiophene rings is 1. The van der Waals surface area contributed by atoms with Gasteiger partial charge in [0.05, 0.1) is 0 Å². The minimum Gasteiger partial charge on any atom is -0.477 e. The van der Waals surface area contributed by atoms with E-state index in [1.54, 1.807) is 17.8 Å². The van der Waals surface area contributed by atoms with Crippen LogP contribution in [0.2, 0.25) is 0 Å². The third-order valence-corrected chi connectivity index (χ3v) is 3.84. The van der Waals surface area contributed by atoms with Gasteiger partial charge in [-0.15, -0.1) is 11.3 Å². The predicted molar refractivity (Wildman–Crippen MR) is 73.2 cm³/mol. The molecule has 0 spiro atoms. The highest BCUT2D eigenvalue weighted by atomic mass is 32.1. The molecule has 0 radical (unpaired) electrons. The second kappa shape index (κ2) is 4.44. The van der Waals surface area contributed by atoms with Crippen LogP contribution in [0.5, 0.6) is 0 Å². The molecule has 0 amide bonds. The van der Waals surface area contributed by atoms with E-state index < -0.39 is 5.97 Å².